The SMILES string of the molecule is Oc1ccc(C2=CC[NH2+]CC2)cc1. The van der Waals surface area contributed by atoms with E-state index in [9.17, 15) is 0 Å². The van der Waals surface area contributed by atoms with Crippen molar-refractivity contribution in [2.75, 3.05) is 13.1 Å². The molecule has 0 spiro atoms. The molecule has 1 aromatic carbocycles. The zero-order valence-electron chi connectivity index (χ0n) is 7.53. The van der Waals surface area contributed by atoms with Crippen molar-refractivity contribution < 1.29 is 10.4 Å². The third-order valence-corrected chi connectivity index (χ3v) is 2.39. The maximum atomic E-state index is 9.13. The number of hydrogen-bond donors (Lipinski definition) is 2. The molecule has 0 atom stereocenters. The first-order valence-electron chi connectivity index (χ1n) is 4.66. The van der Waals surface area contributed by atoms with Crippen molar-refractivity contribution in [2.24, 2.45) is 0 Å². The Labute approximate surface area is 77.9 Å². The van der Waals surface area contributed by atoms with Crippen LogP contribution in [-0.4, -0.2) is 18.2 Å². The van der Waals surface area contributed by atoms with Gasteiger partial charge in [-0.3, -0.25) is 0 Å². The molecule has 0 bridgehead atoms. The van der Waals surface area contributed by atoms with Crippen molar-refractivity contribution in [1.29, 1.82) is 0 Å². The predicted molar refractivity (Wildman–Crippen MR) is 52.4 cm³/mol. The van der Waals surface area contributed by atoms with Crippen molar-refractivity contribution in [2.45, 2.75) is 6.42 Å². The van der Waals surface area contributed by atoms with E-state index in [-0.39, 0.29) is 0 Å². The van der Waals surface area contributed by atoms with Crippen LogP contribution in [0.4, 0.5) is 0 Å². The molecule has 0 saturated heterocycles. The Morgan fingerprint density at radius 3 is 2.54 bits per heavy atom. The van der Waals surface area contributed by atoms with Crippen molar-refractivity contribution in [3.8, 4) is 5.75 Å². The van der Waals surface area contributed by atoms with Gasteiger partial charge in [0.05, 0.1) is 13.1 Å². The molecule has 2 rings (SSSR count). The summed E-state index contributed by atoms with van der Waals surface area (Å²) in [6.45, 7) is 2.25. The van der Waals surface area contributed by atoms with E-state index in [0.29, 0.717) is 5.75 Å². The highest BCUT2D eigenvalue weighted by atomic mass is 16.3. The van der Waals surface area contributed by atoms with Crippen LogP contribution in [0.25, 0.3) is 5.57 Å². The largest absolute Gasteiger partial charge is 0.508 e. The zero-order valence-corrected chi connectivity index (χ0v) is 7.53. The van der Waals surface area contributed by atoms with E-state index in [1.54, 1.807) is 12.1 Å². The van der Waals surface area contributed by atoms with Crippen molar-refractivity contribution in [3.63, 3.8) is 0 Å². The van der Waals surface area contributed by atoms with E-state index in [1.807, 2.05) is 12.1 Å². The number of benzene rings is 1. The number of rotatable bonds is 1. The lowest BCUT2D eigenvalue weighted by molar-refractivity contribution is -0.646. The minimum Gasteiger partial charge on any atom is -0.508 e. The van der Waals surface area contributed by atoms with Crippen LogP contribution in [0.2, 0.25) is 0 Å². The second-order valence-corrected chi connectivity index (χ2v) is 3.34. The van der Waals surface area contributed by atoms with Gasteiger partial charge in [0.15, 0.2) is 0 Å². The van der Waals surface area contributed by atoms with Gasteiger partial charge in [-0.25, -0.2) is 0 Å². The molecular weight excluding hydrogens is 162 g/mol. The molecule has 0 unspecified atom stereocenters. The highest BCUT2D eigenvalue weighted by Crippen LogP contribution is 2.20. The quantitative estimate of drug-likeness (QED) is 0.650. The van der Waals surface area contributed by atoms with Gasteiger partial charge in [0, 0.05) is 6.42 Å². The molecule has 2 heteroatoms. The van der Waals surface area contributed by atoms with Crippen molar-refractivity contribution in [3.05, 3.63) is 35.9 Å². The number of phenols is 1. The van der Waals surface area contributed by atoms with Gasteiger partial charge in [0.25, 0.3) is 0 Å². The zero-order chi connectivity index (χ0) is 9.10. The molecule has 0 fully saturated rings. The van der Waals surface area contributed by atoms with Gasteiger partial charge in [-0.2, -0.15) is 0 Å². The van der Waals surface area contributed by atoms with Gasteiger partial charge in [-0.05, 0) is 29.3 Å². The van der Waals surface area contributed by atoms with Crippen LogP contribution >= 0.6 is 0 Å². The summed E-state index contributed by atoms with van der Waals surface area (Å²) in [6, 6.07) is 7.45. The lowest BCUT2D eigenvalue weighted by Gasteiger charge is -2.11. The third kappa shape index (κ3) is 1.90. The summed E-state index contributed by atoms with van der Waals surface area (Å²) in [4.78, 5) is 0. The summed E-state index contributed by atoms with van der Waals surface area (Å²) in [5.41, 5.74) is 2.65. The van der Waals surface area contributed by atoms with E-state index >= 15 is 0 Å². The van der Waals surface area contributed by atoms with E-state index in [2.05, 4.69) is 11.4 Å². The third-order valence-electron chi connectivity index (χ3n) is 2.39. The Balaban J connectivity index is 2.24. The molecule has 1 heterocycles. The Bertz CT molecular complexity index is 313. The van der Waals surface area contributed by atoms with Crippen molar-refractivity contribution in [1.82, 2.24) is 0 Å². The lowest BCUT2D eigenvalue weighted by atomic mass is 10.0. The van der Waals surface area contributed by atoms with Gasteiger partial charge in [-0.15, -0.1) is 0 Å². The standard InChI is InChI=1S/C11H13NO/c13-11-3-1-9(2-4-11)10-5-7-12-8-6-10/h1-5,12-13H,6-8H2/p+1. The topological polar surface area (TPSA) is 36.8 Å². The molecule has 1 aromatic rings. The molecule has 13 heavy (non-hydrogen) atoms. The van der Waals surface area contributed by atoms with E-state index in [0.717, 1.165) is 13.0 Å². The molecular formula is C11H14NO+. The van der Waals surface area contributed by atoms with Crippen LogP contribution in [0.3, 0.4) is 0 Å². The number of quaternary nitrogens is 1. The molecule has 0 saturated carbocycles. The van der Waals surface area contributed by atoms with Crippen LogP contribution in [0.15, 0.2) is 30.3 Å². The van der Waals surface area contributed by atoms with Crippen LogP contribution in [0.1, 0.15) is 12.0 Å². The van der Waals surface area contributed by atoms with Crippen LogP contribution in [0, 0.1) is 0 Å². The normalized spacial score (nSPS) is 16.8. The van der Waals surface area contributed by atoms with E-state index in [1.165, 1.54) is 17.7 Å². The van der Waals surface area contributed by atoms with Gasteiger partial charge < -0.3 is 10.4 Å². The van der Waals surface area contributed by atoms with Crippen LogP contribution in [0.5, 0.6) is 5.75 Å². The Morgan fingerprint density at radius 1 is 1.15 bits per heavy atom. The number of aromatic hydroxyl groups is 1. The fourth-order valence-corrected chi connectivity index (χ4v) is 1.64. The first-order chi connectivity index (χ1) is 6.36. The maximum Gasteiger partial charge on any atom is 0.115 e. The van der Waals surface area contributed by atoms with E-state index in [4.69, 9.17) is 5.11 Å². The van der Waals surface area contributed by atoms with Crippen molar-refractivity contribution >= 4 is 5.57 Å². The second kappa shape index (κ2) is 3.62. The molecule has 0 aromatic heterocycles. The Morgan fingerprint density at radius 2 is 1.92 bits per heavy atom. The average molecular weight is 176 g/mol. The summed E-state index contributed by atoms with van der Waals surface area (Å²) in [7, 11) is 0. The molecule has 1 aliphatic heterocycles. The molecule has 0 radical (unpaired) electrons. The average Bonchev–Trinajstić information content (AvgIpc) is 2.20. The molecule has 68 valence electrons. The minimum absolute atomic E-state index is 0.340. The summed E-state index contributed by atoms with van der Waals surface area (Å²) >= 11 is 0. The molecule has 0 aliphatic carbocycles. The van der Waals surface area contributed by atoms with E-state index < -0.39 is 0 Å². The smallest absolute Gasteiger partial charge is 0.115 e. The van der Waals surface area contributed by atoms with Gasteiger partial charge in [0.1, 0.15) is 5.75 Å². The fraction of sp³-hybridized carbons (Fsp3) is 0.273. The number of nitrogens with two attached hydrogens (primary N) is 1. The number of phenolic OH excluding ortho intramolecular Hbond substituents is 1. The summed E-state index contributed by atoms with van der Waals surface area (Å²) in [5.74, 6) is 0.340. The summed E-state index contributed by atoms with van der Waals surface area (Å²) in [6.07, 6.45) is 3.39. The predicted octanol–water partition coefficient (Wildman–Crippen LogP) is 0.743. The highest BCUT2D eigenvalue weighted by Gasteiger charge is 2.06. The Kier molecular flexibility index (Phi) is 2.32. The molecule has 0 amide bonds. The second-order valence-electron chi connectivity index (χ2n) is 3.34. The highest BCUT2D eigenvalue weighted by molar-refractivity contribution is 5.66. The maximum absolute atomic E-state index is 9.13. The fourth-order valence-electron chi connectivity index (χ4n) is 1.64. The lowest BCUT2D eigenvalue weighted by Crippen LogP contribution is -2.84. The summed E-state index contributed by atoms with van der Waals surface area (Å²) in [5, 5.41) is 11.4. The van der Waals surface area contributed by atoms with Gasteiger partial charge in [-0.1, -0.05) is 12.1 Å². The molecule has 3 N–H and O–H groups in total. The summed E-state index contributed by atoms with van der Waals surface area (Å²) < 4.78 is 0. The minimum atomic E-state index is 0.340. The Hall–Kier alpha value is -1.28. The first-order valence-corrected chi connectivity index (χ1v) is 4.66. The molecule has 1 aliphatic rings. The van der Waals surface area contributed by atoms with Crippen LogP contribution in [-0.2, 0) is 0 Å². The molecule has 2 nitrogen and oxygen atoms in total. The number of hydrogen-bond acceptors (Lipinski definition) is 1. The van der Waals surface area contributed by atoms with Crippen LogP contribution < -0.4 is 5.32 Å². The van der Waals surface area contributed by atoms with Gasteiger partial charge in [0.2, 0.25) is 0 Å². The first kappa shape index (κ1) is 8.32. The van der Waals surface area contributed by atoms with Gasteiger partial charge >= 0.3 is 0 Å². The monoisotopic (exact) mass is 176 g/mol.